The Hall–Kier alpha value is -3.60. The molecule has 0 saturated carbocycles. The third-order valence-electron chi connectivity index (χ3n) is 5.66. The number of hydrogen-bond donors (Lipinski definition) is 1. The molecule has 3 aromatic rings. The normalized spacial score (nSPS) is 15.2. The molecule has 0 unspecified atom stereocenters. The van der Waals surface area contributed by atoms with E-state index in [0.29, 0.717) is 40.5 Å². The molecule has 0 spiro atoms. The van der Waals surface area contributed by atoms with Gasteiger partial charge in [0.05, 0.1) is 41.8 Å². The van der Waals surface area contributed by atoms with Crippen molar-refractivity contribution in [3.8, 4) is 17.0 Å². The summed E-state index contributed by atoms with van der Waals surface area (Å²) < 4.78 is 70.5. The fourth-order valence-corrected chi connectivity index (χ4v) is 4.80. The van der Waals surface area contributed by atoms with Crippen LogP contribution in [0.4, 0.5) is 24.5 Å². The second-order valence-corrected chi connectivity index (χ2v) is 10.1. The van der Waals surface area contributed by atoms with E-state index < -0.39 is 22.7 Å². The van der Waals surface area contributed by atoms with Crippen molar-refractivity contribution < 1.29 is 26.3 Å². The number of aromatic nitrogens is 2. The van der Waals surface area contributed by atoms with Gasteiger partial charge in [-0.05, 0) is 29.8 Å². The third kappa shape index (κ3) is 5.09. The van der Waals surface area contributed by atoms with E-state index in [1.54, 1.807) is 42.6 Å². The number of benzene rings is 2. The lowest BCUT2D eigenvalue weighted by molar-refractivity contribution is -0.120. The first kappa shape index (κ1) is 23.2. The first-order valence-electron chi connectivity index (χ1n) is 10.8. The summed E-state index contributed by atoms with van der Waals surface area (Å²) >= 11 is 0. The number of sulfonamides is 1. The van der Waals surface area contributed by atoms with Crippen molar-refractivity contribution in [1.29, 1.82) is 0 Å². The van der Waals surface area contributed by atoms with Crippen LogP contribution >= 0.6 is 0 Å². The summed E-state index contributed by atoms with van der Waals surface area (Å²) in [5.74, 6) is 0.415. The van der Waals surface area contributed by atoms with Crippen LogP contribution in [0.1, 0.15) is 17.0 Å². The fourth-order valence-electron chi connectivity index (χ4n) is 4.25. The molecule has 2 aromatic carbocycles. The van der Waals surface area contributed by atoms with Crippen molar-refractivity contribution in [2.75, 3.05) is 35.6 Å². The number of hydrogen-bond acceptors (Lipinski definition) is 6. The number of alkyl halides is 3. The highest BCUT2D eigenvalue weighted by atomic mass is 32.2. The van der Waals surface area contributed by atoms with Gasteiger partial charge in [0.1, 0.15) is 18.9 Å². The van der Waals surface area contributed by atoms with Crippen LogP contribution < -0.4 is 14.4 Å². The Morgan fingerprint density at radius 3 is 2.74 bits per heavy atom. The van der Waals surface area contributed by atoms with Crippen LogP contribution in [0.3, 0.4) is 0 Å². The predicted octanol–water partition coefficient (Wildman–Crippen LogP) is 4.26. The van der Waals surface area contributed by atoms with E-state index in [2.05, 4.69) is 9.71 Å². The highest BCUT2D eigenvalue weighted by Gasteiger charge is 2.33. The van der Waals surface area contributed by atoms with Gasteiger partial charge in [-0.2, -0.15) is 13.2 Å². The SMILES string of the molecule is CS(=O)(=O)Nc1cccc(-c2cnc3c(n2)C(c2ccc4c(c2)N(CC(F)(F)F)CCO4)=CC3)c1. The largest absolute Gasteiger partial charge is 0.490 e. The quantitative estimate of drug-likeness (QED) is 0.561. The average molecular weight is 503 g/mol. The molecule has 1 aliphatic heterocycles. The fraction of sp³-hybridized carbons (Fsp3) is 0.250. The maximum absolute atomic E-state index is 13.1. The number of nitrogens with one attached hydrogen (secondary N) is 1. The zero-order valence-corrected chi connectivity index (χ0v) is 19.4. The maximum Gasteiger partial charge on any atom is 0.405 e. The summed E-state index contributed by atoms with van der Waals surface area (Å²) in [4.78, 5) is 10.6. The Balaban J connectivity index is 1.49. The van der Waals surface area contributed by atoms with E-state index in [9.17, 15) is 21.6 Å². The van der Waals surface area contributed by atoms with E-state index in [4.69, 9.17) is 9.72 Å². The number of halogens is 3. The molecular formula is C24H21F3N4O3S. The number of ether oxygens (including phenoxy) is 1. The zero-order chi connectivity index (χ0) is 24.8. The Kier molecular flexibility index (Phi) is 5.66. The van der Waals surface area contributed by atoms with Gasteiger partial charge in [0.2, 0.25) is 10.0 Å². The van der Waals surface area contributed by atoms with Gasteiger partial charge in [0, 0.05) is 23.2 Å². The molecule has 0 saturated heterocycles. The van der Waals surface area contributed by atoms with Gasteiger partial charge in [0.15, 0.2) is 0 Å². The number of allylic oxidation sites excluding steroid dienone is 1. The summed E-state index contributed by atoms with van der Waals surface area (Å²) in [5, 5.41) is 0. The molecular weight excluding hydrogens is 481 g/mol. The monoisotopic (exact) mass is 502 g/mol. The van der Waals surface area contributed by atoms with Gasteiger partial charge in [-0.3, -0.25) is 9.71 Å². The molecule has 7 nitrogen and oxygen atoms in total. The molecule has 1 aromatic heterocycles. The molecule has 1 N–H and O–H groups in total. The smallest absolute Gasteiger partial charge is 0.405 e. The maximum atomic E-state index is 13.1. The van der Waals surface area contributed by atoms with Crippen LogP contribution in [0.2, 0.25) is 0 Å². The van der Waals surface area contributed by atoms with Crippen LogP contribution in [0.25, 0.3) is 16.8 Å². The van der Waals surface area contributed by atoms with Crippen LogP contribution in [0.15, 0.2) is 54.7 Å². The molecule has 2 heterocycles. The molecule has 35 heavy (non-hydrogen) atoms. The summed E-state index contributed by atoms with van der Waals surface area (Å²) in [7, 11) is -3.43. The summed E-state index contributed by atoms with van der Waals surface area (Å²) in [6.07, 6.45) is 0.875. The minimum Gasteiger partial charge on any atom is -0.490 e. The minimum absolute atomic E-state index is 0.146. The Labute approximate surface area is 200 Å². The van der Waals surface area contributed by atoms with E-state index in [0.717, 1.165) is 23.1 Å². The third-order valence-corrected chi connectivity index (χ3v) is 6.27. The lowest BCUT2D eigenvalue weighted by atomic mass is 10.0. The van der Waals surface area contributed by atoms with Crippen LogP contribution in [0.5, 0.6) is 5.75 Å². The highest BCUT2D eigenvalue weighted by Crippen LogP contribution is 2.39. The molecule has 11 heteroatoms. The van der Waals surface area contributed by atoms with E-state index >= 15 is 0 Å². The number of fused-ring (bicyclic) bond motifs is 2. The lowest BCUT2D eigenvalue weighted by Crippen LogP contribution is -2.39. The van der Waals surface area contributed by atoms with Crippen molar-refractivity contribution in [3.63, 3.8) is 0 Å². The number of rotatable bonds is 5. The zero-order valence-electron chi connectivity index (χ0n) is 18.6. The van der Waals surface area contributed by atoms with Crippen LogP contribution in [-0.2, 0) is 16.4 Å². The minimum atomic E-state index is -4.33. The van der Waals surface area contributed by atoms with Crippen molar-refractivity contribution in [1.82, 2.24) is 9.97 Å². The summed E-state index contributed by atoms with van der Waals surface area (Å²) in [6, 6.07) is 12.0. The average Bonchev–Trinajstić information content (AvgIpc) is 3.20. The van der Waals surface area contributed by atoms with Crippen LogP contribution in [-0.4, -0.2) is 50.5 Å². The van der Waals surface area contributed by atoms with Crippen LogP contribution in [0, 0.1) is 0 Å². The molecule has 182 valence electrons. The van der Waals surface area contributed by atoms with Crippen molar-refractivity contribution in [2.45, 2.75) is 12.6 Å². The first-order chi connectivity index (χ1) is 16.6. The molecule has 2 aliphatic rings. The standard InChI is InChI=1S/C24H21F3N4O3S/c1-35(32,33)30-17-4-2-3-16(11-17)20-13-28-19-7-6-18(23(19)29-20)15-5-8-22-21(12-15)31(9-10-34-22)14-24(25,26)27/h2-6,8,11-13,30H,7,9-10,14H2,1H3. The predicted molar refractivity (Wildman–Crippen MR) is 127 cm³/mol. The van der Waals surface area contributed by atoms with Gasteiger partial charge in [-0.15, -0.1) is 0 Å². The van der Waals surface area contributed by atoms with Crippen molar-refractivity contribution in [3.05, 3.63) is 71.7 Å². The van der Waals surface area contributed by atoms with Gasteiger partial charge >= 0.3 is 6.18 Å². The molecule has 5 rings (SSSR count). The van der Waals surface area contributed by atoms with E-state index in [-0.39, 0.29) is 13.2 Å². The van der Waals surface area contributed by atoms with Gasteiger partial charge < -0.3 is 9.64 Å². The molecule has 0 atom stereocenters. The molecule has 0 bridgehead atoms. The summed E-state index contributed by atoms with van der Waals surface area (Å²) in [6.45, 7) is -0.715. The Morgan fingerprint density at radius 1 is 1.14 bits per heavy atom. The first-order valence-corrected chi connectivity index (χ1v) is 12.7. The second kappa shape index (κ2) is 8.56. The summed E-state index contributed by atoms with van der Waals surface area (Å²) in [5.41, 5.74) is 4.92. The van der Waals surface area contributed by atoms with Gasteiger partial charge in [-0.25, -0.2) is 13.4 Å². The molecule has 0 fully saturated rings. The number of nitrogens with zero attached hydrogens (tertiary/aromatic N) is 3. The topological polar surface area (TPSA) is 84.4 Å². The van der Waals surface area contributed by atoms with E-state index in [1.165, 1.54) is 4.90 Å². The number of anilines is 2. The lowest BCUT2D eigenvalue weighted by Gasteiger charge is -2.32. The Bertz CT molecular complexity index is 1440. The highest BCUT2D eigenvalue weighted by molar-refractivity contribution is 7.92. The molecule has 1 aliphatic carbocycles. The van der Waals surface area contributed by atoms with Gasteiger partial charge in [0.25, 0.3) is 0 Å². The van der Waals surface area contributed by atoms with Crippen molar-refractivity contribution in [2.24, 2.45) is 0 Å². The molecule has 0 amide bonds. The van der Waals surface area contributed by atoms with Gasteiger partial charge in [-0.1, -0.05) is 24.3 Å². The van der Waals surface area contributed by atoms with Crippen molar-refractivity contribution >= 4 is 27.0 Å². The van der Waals surface area contributed by atoms with E-state index in [1.807, 2.05) is 12.1 Å². The second-order valence-electron chi connectivity index (χ2n) is 8.40. The Morgan fingerprint density at radius 2 is 1.97 bits per heavy atom. The molecule has 0 radical (unpaired) electrons.